The molecule has 0 aliphatic carbocycles. The van der Waals surface area contributed by atoms with E-state index in [1.54, 1.807) is 24.3 Å². The summed E-state index contributed by atoms with van der Waals surface area (Å²) in [6.07, 6.45) is -0.132. The van der Waals surface area contributed by atoms with Gasteiger partial charge < -0.3 is 14.6 Å². The quantitative estimate of drug-likeness (QED) is 0.370. The molecule has 6 nitrogen and oxygen atoms in total. The van der Waals surface area contributed by atoms with Crippen LogP contribution in [0.4, 0.5) is 10.5 Å². The summed E-state index contributed by atoms with van der Waals surface area (Å²) in [4.78, 5) is 23.3. The first-order valence-electron chi connectivity index (χ1n) is 8.16. The SMILES string of the molecule is O=C(CS)OCCC[C@@H](OC(=O)Nc1ccccc1)c1ccc(O)cc1. The number of ether oxygens (including phenoxy) is 2. The molecular formula is C19H21NO5S. The van der Waals surface area contributed by atoms with Gasteiger partial charge in [0.15, 0.2) is 0 Å². The Morgan fingerprint density at radius 2 is 1.77 bits per heavy atom. The fourth-order valence-corrected chi connectivity index (χ4v) is 2.37. The van der Waals surface area contributed by atoms with Crippen molar-refractivity contribution in [3.63, 3.8) is 0 Å². The number of para-hydroxylation sites is 1. The molecule has 1 atom stereocenters. The molecule has 0 unspecified atom stereocenters. The normalized spacial score (nSPS) is 11.4. The van der Waals surface area contributed by atoms with Crippen LogP contribution < -0.4 is 5.32 Å². The van der Waals surface area contributed by atoms with Crippen LogP contribution in [0.5, 0.6) is 5.75 Å². The number of carbonyl (C=O) groups is 2. The van der Waals surface area contributed by atoms with E-state index < -0.39 is 18.2 Å². The van der Waals surface area contributed by atoms with Crippen molar-refractivity contribution >= 4 is 30.4 Å². The molecule has 138 valence electrons. The first kappa shape index (κ1) is 19.7. The summed E-state index contributed by atoms with van der Waals surface area (Å²) < 4.78 is 10.5. The Bertz CT molecular complexity index is 706. The molecule has 0 aromatic heterocycles. The van der Waals surface area contributed by atoms with Crippen molar-refractivity contribution in [2.75, 3.05) is 17.7 Å². The van der Waals surface area contributed by atoms with Crippen LogP contribution >= 0.6 is 12.6 Å². The zero-order valence-corrected chi connectivity index (χ0v) is 15.0. The molecular weight excluding hydrogens is 354 g/mol. The topological polar surface area (TPSA) is 84.9 Å². The van der Waals surface area contributed by atoms with Crippen molar-refractivity contribution < 1.29 is 24.2 Å². The van der Waals surface area contributed by atoms with Gasteiger partial charge in [0, 0.05) is 5.69 Å². The van der Waals surface area contributed by atoms with E-state index in [1.165, 1.54) is 12.1 Å². The lowest BCUT2D eigenvalue weighted by Gasteiger charge is -2.19. The van der Waals surface area contributed by atoms with Crippen LogP contribution in [0.3, 0.4) is 0 Å². The van der Waals surface area contributed by atoms with Gasteiger partial charge in [0.1, 0.15) is 11.9 Å². The van der Waals surface area contributed by atoms with Crippen molar-refractivity contribution in [3.05, 3.63) is 60.2 Å². The number of hydrogen-bond donors (Lipinski definition) is 3. The number of carbonyl (C=O) groups excluding carboxylic acids is 2. The van der Waals surface area contributed by atoms with E-state index in [4.69, 9.17) is 9.47 Å². The largest absolute Gasteiger partial charge is 0.508 e. The second-order valence-electron chi connectivity index (χ2n) is 5.50. The molecule has 0 saturated carbocycles. The van der Waals surface area contributed by atoms with E-state index in [-0.39, 0.29) is 18.1 Å². The van der Waals surface area contributed by atoms with E-state index in [0.717, 1.165) is 5.56 Å². The number of anilines is 1. The van der Waals surface area contributed by atoms with Crippen LogP contribution in [0.15, 0.2) is 54.6 Å². The van der Waals surface area contributed by atoms with Crippen LogP contribution in [0.1, 0.15) is 24.5 Å². The second-order valence-corrected chi connectivity index (χ2v) is 5.81. The summed E-state index contributed by atoms with van der Waals surface area (Å²) in [5.41, 5.74) is 1.37. The highest BCUT2D eigenvalue weighted by molar-refractivity contribution is 7.81. The fraction of sp³-hybridized carbons (Fsp3) is 0.263. The van der Waals surface area contributed by atoms with Crippen molar-refractivity contribution in [1.29, 1.82) is 0 Å². The minimum atomic E-state index is -0.582. The molecule has 2 aromatic rings. The van der Waals surface area contributed by atoms with Crippen molar-refractivity contribution in [1.82, 2.24) is 0 Å². The number of esters is 1. The number of phenols is 1. The van der Waals surface area contributed by atoms with E-state index in [1.807, 2.05) is 18.2 Å². The minimum Gasteiger partial charge on any atom is -0.508 e. The first-order chi connectivity index (χ1) is 12.6. The van der Waals surface area contributed by atoms with Gasteiger partial charge in [-0.25, -0.2) is 4.79 Å². The molecule has 0 aliphatic heterocycles. The summed E-state index contributed by atoms with van der Waals surface area (Å²) >= 11 is 3.84. The average Bonchev–Trinajstić information content (AvgIpc) is 2.65. The maximum absolute atomic E-state index is 12.2. The Morgan fingerprint density at radius 3 is 2.42 bits per heavy atom. The predicted octanol–water partition coefficient (Wildman–Crippen LogP) is 3.94. The van der Waals surface area contributed by atoms with Crippen molar-refractivity contribution in [2.24, 2.45) is 0 Å². The lowest BCUT2D eigenvalue weighted by Crippen LogP contribution is -2.18. The van der Waals surface area contributed by atoms with Crippen LogP contribution in [0.2, 0.25) is 0 Å². The third kappa shape index (κ3) is 6.68. The standard InChI is InChI=1S/C19H21NO5S/c21-16-10-8-14(9-11-16)17(7-4-12-24-18(22)13-26)25-19(23)20-15-5-2-1-3-6-15/h1-3,5-6,8-11,17,21,26H,4,7,12-13H2,(H,20,23)/t17-/m1/s1. The van der Waals surface area contributed by atoms with Crippen LogP contribution in [0, 0.1) is 0 Å². The number of thiol groups is 1. The van der Waals surface area contributed by atoms with Gasteiger partial charge in [-0.05, 0) is 42.7 Å². The minimum absolute atomic E-state index is 0.0252. The van der Waals surface area contributed by atoms with Gasteiger partial charge in [0.05, 0.1) is 12.4 Å². The number of benzene rings is 2. The molecule has 1 amide bonds. The van der Waals surface area contributed by atoms with E-state index >= 15 is 0 Å². The summed E-state index contributed by atoms with van der Waals surface area (Å²) in [6, 6.07) is 15.4. The van der Waals surface area contributed by atoms with Crippen LogP contribution in [-0.4, -0.2) is 29.5 Å². The Morgan fingerprint density at radius 1 is 1.08 bits per heavy atom. The molecule has 2 aromatic carbocycles. The number of nitrogens with one attached hydrogen (secondary N) is 1. The van der Waals surface area contributed by atoms with Gasteiger partial charge >= 0.3 is 12.1 Å². The Balaban J connectivity index is 1.96. The summed E-state index contributed by atoms with van der Waals surface area (Å²) in [5, 5.41) is 12.1. The number of rotatable bonds is 8. The molecule has 0 bridgehead atoms. The average molecular weight is 375 g/mol. The molecule has 26 heavy (non-hydrogen) atoms. The molecule has 2 N–H and O–H groups in total. The van der Waals surface area contributed by atoms with Gasteiger partial charge in [-0.3, -0.25) is 10.1 Å². The molecule has 0 spiro atoms. The number of hydrogen-bond acceptors (Lipinski definition) is 6. The zero-order chi connectivity index (χ0) is 18.8. The Labute approximate surface area is 157 Å². The van der Waals surface area contributed by atoms with Gasteiger partial charge in [-0.2, -0.15) is 12.6 Å². The lowest BCUT2D eigenvalue weighted by atomic mass is 10.0. The maximum Gasteiger partial charge on any atom is 0.412 e. The highest BCUT2D eigenvalue weighted by Crippen LogP contribution is 2.25. The monoisotopic (exact) mass is 375 g/mol. The molecule has 2 rings (SSSR count). The van der Waals surface area contributed by atoms with Gasteiger partial charge in [0.25, 0.3) is 0 Å². The smallest absolute Gasteiger partial charge is 0.412 e. The lowest BCUT2D eigenvalue weighted by molar-refractivity contribution is -0.140. The van der Waals surface area contributed by atoms with Crippen LogP contribution in [-0.2, 0) is 14.3 Å². The molecule has 7 heteroatoms. The zero-order valence-electron chi connectivity index (χ0n) is 14.1. The van der Waals surface area contributed by atoms with Gasteiger partial charge in [0.2, 0.25) is 0 Å². The molecule has 0 heterocycles. The number of aromatic hydroxyl groups is 1. The number of phenolic OH excluding ortho intramolecular Hbond substituents is 1. The van der Waals surface area contributed by atoms with Crippen LogP contribution in [0.25, 0.3) is 0 Å². The highest BCUT2D eigenvalue weighted by atomic mass is 32.1. The molecule has 0 fully saturated rings. The van der Waals surface area contributed by atoms with E-state index in [9.17, 15) is 14.7 Å². The van der Waals surface area contributed by atoms with E-state index in [0.29, 0.717) is 18.5 Å². The predicted molar refractivity (Wildman–Crippen MR) is 101 cm³/mol. The Hall–Kier alpha value is -2.67. The van der Waals surface area contributed by atoms with Gasteiger partial charge in [-0.15, -0.1) is 0 Å². The third-order valence-electron chi connectivity index (χ3n) is 3.54. The van der Waals surface area contributed by atoms with E-state index in [2.05, 4.69) is 17.9 Å². The molecule has 0 radical (unpaired) electrons. The molecule has 0 saturated heterocycles. The van der Waals surface area contributed by atoms with Crippen molar-refractivity contribution in [2.45, 2.75) is 18.9 Å². The summed E-state index contributed by atoms with van der Waals surface area (Å²) in [7, 11) is 0. The number of amides is 1. The first-order valence-corrected chi connectivity index (χ1v) is 8.80. The third-order valence-corrected chi connectivity index (χ3v) is 3.80. The summed E-state index contributed by atoms with van der Waals surface area (Å²) in [5.74, 6) is -0.238. The van der Waals surface area contributed by atoms with Gasteiger partial charge in [-0.1, -0.05) is 30.3 Å². The summed E-state index contributed by atoms with van der Waals surface area (Å²) in [6.45, 7) is 0.220. The molecule has 0 aliphatic rings. The van der Waals surface area contributed by atoms with Crippen molar-refractivity contribution in [3.8, 4) is 5.75 Å². The Kier molecular flexibility index (Phi) is 7.82. The second kappa shape index (κ2) is 10.4. The maximum atomic E-state index is 12.2. The highest BCUT2D eigenvalue weighted by Gasteiger charge is 2.17. The fourth-order valence-electron chi connectivity index (χ4n) is 2.28.